The summed E-state index contributed by atoms with van der Waals surface area (Å²) in [6.07, 6.45) is 4.70. The molecule has 0 bridgehead atoms. The fourth-order valence-electron chi connectivity index (χ4n) is 2.80. The molecule has 17 heavy (non-hydrogen) atoms. The zero-order chi connectivity index (χ0) is 12.9. The fourth-order valence-corrected chi connectivity index (χ4v) is 2.80. The summed E-state index contributed by atoms with van der Waals surface area (Å²) in [6, 6.07) is 0.510. The van der Waals surface area contributed by atoms with Crippen LogP contribution >= 0.6 is 0 Å². The Kier molecular flexibility index (Phi) is 5.44. The third-order valence-corrected chi connectivity index (χ3v) is 3.79. The van der Waals surface area contributed by atoms with Gasteiger partial charge in [0.1, 0.15) is 0 Å². The van der Waals surface area contributed by atoms with E-state index in [9.17, 15) is 4.79 Å². The van der Waals surface area contributed by atoms with E-state index >= 15 is 0 Å². The molecule has 1 amide bonds. The Morgan fingerprint density at radius 3 is 2.71 bits per heavy atom. The Labute approximate surface area is 106 Å². The van der Waals surface area contributed by atoms with E-state index in [4.69, 9.17) is 0 Å². The molecule has 0 radical (unpaired) electrons. The molecule has 1 aliphatic rings. The molecule has 1 aliphatic carbocycles. The summed E-state index contributed by atoms with van der Waals surface area (Å²) in [7, 11) is 0. The third kappa shape index (κ3) is 5.07. The van der Waals surface area contributed by atoms with Gasteiger partial charge in [0.05, 0.1) is 6.54 Å². The van der Waals surface area contributed by atoms with E-state index in [2.05, 4.69) is 38.3 Å². The minimum atomic E-state index is 0.129. The lowest BCUT2D eigenvalue weighted by Gasteiger charge is -2.39. The van der Waals surface area contributed by atoms with E-state index in [0.29, 0.717) is 23.9 Å². The predicted molar refractivity (Wildman–Crippen MR) is 71.9 cm³/mol. The van der Waals surface area contributed by atoms with Crippen molar-refractivity contribution < 1.29 is 4.79 Å². The SMILES string of the molecule is CCCNC(=O)CNC1CCC(C)(C)CC1C. The summed E-state index contributed by atoms with van der Waals surface area (Å²) in [4.78, 5) is 11.5. The normalized spacial score (nSPS) is 27.8. The summed E-state index contributed by atoms with van der Waals surface area (Å²) in [5.74, 6) is 0.793. The molecule has 1 fully saturated rings. The van der Waals surface area contributed by atoms with Crippen LogP contribution in [0.3, 0.4) is 0 Å². The number of amides is 1. The van der Waals surface area contributed by atoms with Crippen LogP contribution in [0.4, 0.5) is 0 Å². The molecule has 0 saturated heterocycles. The van der Waals surface area contributed by atoms with Crippen molar-refractivity contribution in [3.05, 3.63) is 0 Å². The highest BCUT2D eigenvalue weighted by Crippen LogP contribution is 2.38. The first-order chi connectivity index (χ1) is 7.94. The van der Waals surface area contributed by atoms with Crippen LogP contribution in [0.15, 0.2) is 0 Å². The molecular formula is C14H28N2O. The minimum absolute atomic E-state index is 0.129. The van der Waals surface area contributed by atoms with E-state index in [1.807, 2.05) is 0 Å². The van der Waals surface area contributed by atoms with Crippen molar-refractivity contribution in [2.24, 2.45) is 11.3 Å². The average molecular weight is 240 g/mol. The molecule has 1 rings (SSSR count). The van der Waals surface area contributed by atoms with E-state index in [0.717, 1.165) is 13.0 Å². The van der Waals surface area contributed by atoms with Gasteiger partial charge in [0, 0.05) is 12.6 Å². The topological polar surface area (TPSA) is 41.1 Å². The molecule has 2 unspecified atom stereocenters. The van der Waals surface area contributed by atoms with Crippen LogP contribution in [0.25, 0.3) is 0 Å². The van der Waals surface area contributed by atoms with Crippen molar-refractivity contribution in [2.75, 3.05) is 13.1 Å². The first-order valence-electron chi connectivity index (χ1n) is 6.94. The van der Waals surface area contributed by atoms with E-state index in [1.165, 1.54) is 19.3 Å². The monoisotopic (exact) mass is 240 g/mol. The molecule has 1 saturated carbocycles. The Morgan fingerprint density at radius 1 is 1.41 bits per heavy atom. The molecule has 0 spiro atoms. The minimum Gasteiger partial charge on any atom is -0.355 e. The van der Waals surface area contributed by atoms with Crippen LogP contribution in [0.1, 0.15) is 53.4 Å². The van der Waals surface area contributed by atoms with Crippen LogP contribution in [0.5, 0.6) is 0 Å². The maximum atomic E-state index is 11.5. The smallest absolute Gasteiger partial charge is 0.233 e. The first kappa shape index (κ1) is 14.5. The lowest BCUT2D eigenvalue weighted by Crippen LogP contribution is -2.45. The summed E-state index contributed by atoms with van der Waals surface area (Å²) in [6.45, 7) is 10.3. The standard InChI is InChI=1S/C14H28N2O/c1-5-8-15-13(17)10-16-12-6-7-14(3,4)9-11(12)2/h11-12,16H,5-10H2,1-4H3,(H,15,17). The molecule has 0 aliphatic heterocycles. The maximum Gasteiger partial charge on any atom is 0.233 e. The van der Waals surface area contributed by atoms with Gasteiger partial charge in [-0.2, -0.15) is 0 Å². The van der Waals surface area contributed by atoms with Crippen molar-refractivity contribution in [1.29, 1.82) is 0 Å². The molecule has 0 aromatic heterocycles. The second-order valence-electron chi connectivity index (χ2n) is 6.22. The van der Waals surface area contributed by atoms with Gasteiger partial charge in [-0.25, -0.2) is 0 Å². The van der Waals surface area contributed by atoms with Crippen LogP contribution in [-0.4, -0.2) is 25.0 Å². The number of hydrogen-bond acceptors (Lipinski definition) is 2. The second kappa shape index (κ2) is 6.39. The molecule has 100 valence electrons. The van der Waals surface area contributed by atoms with Crippen LogP contribution in [-0.2, 0) is 4.79 Å². The molecule has 2 N–H and O–H groups in total. The quantitative estimate of drug-likeness (QED) is 0.774. The Hall–Kier alpha value is -0.570. The van der Waals surface area contributed by atoms with Gasteiger partial charge in [0.2, 0.25) is 5.91 Å². The molecular weight excluding hydrogens is 212 g/mol. The van der Waals surface area contributed by atoms with Gasteiger partial charge in [-0.3, -0.25) is 4.79 Å². The summed E-state index contributed by atoms with van der Waals surface area (Å²) >= 11 is 0. The average Bonchev–Trinajstić information content (AvgIpc) is 2.24. The number of carbonyl (C=O) groups is 1. The number of carbonyl (C=O) groups excluding carboxylic acids is 1. The lowest BCUT2D eigenvalue weighted by atomic mass is 9.70. The third-order valence-electron chi connectivity index (χ3n) is 3.79. The fraction of sp³-hybridized carbons (Fsp3) is 0.929. The van der Waals surface area contributed by atoms with Gasteiger partial charge in [-0.05, 0) is 37.0 Å². The highest BCUT2D eigenvalue weighted by molar-refractivity contribution is 5.77. The Bertz CT molecular complexity index is 251. The highest BCUT2D eigenvalue weighted by atomic mass is 16.1. The predicted octanol–water partition coefficient (Wildman–Crippen LogP) is 2.32. The number of hydrogen-bond donors (Lipinski definition) is 2. The van der Waals surface area contributed by atoms with E-state index in [1.54, 1.807) is 0 Å². The molecule has 0 heterocycles. The van der Waals surface area contributed by atoms with Gasteiger partial charge < -0.3 is 10.6 Å². The summed E-state index contributed by atoms with van der Waals surface area (Å²) in [5.41, 5.74) is 0.474. The van der Waals surface area contributed by atoms with Crippen molar-refractivity contribution >= 4 is 5.91 Å². The highest BCUT2D eigenvalue weighted by Gasteiger charge is 2.32. The summed E-state index contributed by atoms with van der Waals surface area (Å²) < 4.78 is 0. The van der Waals surface area contributed by atoms with Crippen molar-refractivity contribution in [3.63, 3.8) is 0 Å². The van der Waals surface area contributed by atoms with E-state index in [-0.39, 0.29) is 5.91 Å². The van der Waals surface area contributed by atoms with Crippen molar-refractivity contribution in [2.45, 2.75) is 59.4 Å². The zero-order valence-electron chi connectivity index (χ0n) is 11.8. The van der Waals surface area contributed by atoms with Gasteiger partial charge in [0.25, 0.3) is 0 Å². The van der Waals surface area contributed by atoms with Gasteiger partial charge in [-0.15, -0.1) is 0 Å². The largest absolute Gasteiger partial charge is 0.355 e. The van der Waals surface area contributed by atoms with Crippen molar-refractivity contribution in [3.8, 4) is 0 Å². The lowest BCUT2D eigenvalue weighted by molar-refractivity contribution is -0.120. The first-order valence-corrected chi connectivity index (χ1v) is 6.94. The summed E-state index contributed by atoms with van der Waals surface area (Å²) in [5, 5.41) is 6.31. The van der Waals surface area contributed by atoms with Gasteiger partial charge in [0.15, 0.2) is 0 Å². The second-order valence-corrected chi connectivity index (χ2v) is 6.22. The number of rotatable bonds is 5. The molecule has 3 heteroatoms. The molecule has 0 aromatic rings. The van der Waals surface area contributed by atoms with E-state index < -0.39 is 0 Å². The van der Waals surface area contributed by atoms with Gasteiger partial charge >= 0.3 is 0 Å². The maximum absolute atomic E-state index is 11.5. The zero-order valence-corrected chi connectivity index (χ0v) is 11.8. The Morgan fingerprint density at radius 2 is 2.12 bits per heavy atom. The van der Waals surface area contributed by atoms with Crippen LogP contribution < -0.4 is 10.6 Å². The van der Waals surface area contributed by atoms with Crippen LogP contribution in [0, 0.1) is 11.3 Å². The van der Waals surface area contributed by atoms with Crippen LogP contribution in [0.2, 0.25) is 0 Å². The molecule has 0 aromatic carbocycles. The van der Waals surface area contributed by atoms with Crippen molar-refractivity contribution in [1.82, 2.24) is 10.6 Å². The van der Waals surface area contributed by atoms with Gasteiger partial charge in [-0.1, -0.05) is 27.7 Å². The Balaban J connectivity index is 2.26. The molecule has 3 nitrogen and oxygen atoms in total. The molecule has 2 atom stereocenters. The number of nitrogens with one attached hydrogen (secondary N) is 2.